The molecule has 1 N–H and O–H groups in total. The third-order valence-electron chi connectivity index (χ3n) is 3.14. The summed E-state index contributed by atoms with van der Waals surface area (Å²) in [5.41, 5.74) is 3.84. The molecule has 0 heterocycles. The van der Waals surface area contributed by atoms with Crippen LogP contribution >= 0.6 is 15.9 Å². The summed E-state index contributed by atoms with van der Waals surface area (Å²) in [6.45, 7) is 7.89. The Balaban J connectivity index is 1.88. The third-order valence-corrected chi connectivity index (χ3v) is 3.76. The Bertz CT molecular complexity index is 578. The predicted octanol–water partition coefficient (Wildman–Crippen LogP) is 4.83. The van der Waals surface area contributed by atoms with Gasteiger partial charge >= 0.3 is 0 Å². The monoisotopic (exact) mass is 347 g/mol. The summed E-state index contributed by atoms with van der Waals surface area (Å²) in [6, 6.07) is 14.9. The zero-order chi connectivity index (χ0) is 15.2. The summed E-state index contributed by atoms with van der Waals surface area (Å²) in [5.74, 6) is 0.896. The van der Waals surface area contributed by atoms with Crippen LogP contribution < -0.4 is 10.1 Å². The van der Waals surface area contributed by atoms with E-state index in [4.69, 9.17) is 4.74 Å². The fraction of sp³-hybridized carbons (Fsp3) is 0.333. The minimum absolute atomic E-state index is 0.187. The second kappa shape index (κ2) is 7.62. The second-order valence-corrected chi connectivity index (χ2v) is 6.37. The highest BCUT2D eigenvalue weighted by molar-refractivity contribution is 9.10. The number of aryl methyl sites for hydroxylation is 1. The van der Waals surface area contributed by atoms with Crippen molar-refractivity contribution in [3.63, 3.8) is 0 Å². The van der Waals surface area contributed by atoms with Crippen molar-refractivity contribution in [2.24, 2.45) is 0 Å². The van der Waals surface area contributed by atoms with Crippen LogP contribution in [0.1, 0.15) is 30.5 Å². The first-order valence-corrected chi connectivity index (χ1v) is 8.05. The topological polar surface area (TPSA) is 21.3 Å². The highest BCUT2D eigenvalue weighted by Crippen LogP contribution is 2.26. The van der Waals surface area contributed by atoms with Crippen LogP contribution in [0.15, 0.2) is 46.9 Å². The Labute approximate surface area is 135 Å². The molecule has 2 rings (SSSR count). The normalized spacial score (nSPS) is 10.9. The van der Waals surface area contributed by atoms with Crippen LogP contribution in [0.2, 0.25) is 0 Å². The van der Waals surface area contributed by atoms with Crippen LogP contribution in [-0.4, -0.2) is 6.10 Å². The van der Waals surface area contributed by atoms with Gasteiger partial charge in [-0.25, -0.2) is 0 Å². The van der Waals surface area contributed by atoms with E-state index in [1.54, 1.807) is 0 Å². The molecule has 2 nitrogen and oxygen atoms in total. The zero-order valence-corrected chi connectivity index (χ0v) is 14.4. The first-order valence-electron chi connectivity index (χ1n) is 7.26. The molecule has 2 aromatic carbocycles. The van der Waals surface area contributed by atoms with E-state index in [-0.39, 0.29) is 6.10 Å². The molecule has 0 amide bonds. The van der Waals surface area contributed by atoms with Gasteiger partial charge in [0.15, 0.2) is 0 Å². The predicted molar refractivity (Wildman–Crippen MR) is 91.6 cm³/mol. The maximum atomic E-state index is 5.72. The van der Waals surface area contributed by atoms with E-state index >= 15 is 0 Å². The van der Waals surface area contributed by atoms with Gasteiger partial charge in [-0.05, 0) is 60.0 Å². The molecule has 0 spiro atoms. The molecule has 0 saturated carbocycles. The van der Waals surface area contributed by atoms with Crippen molar-refractivity contribution < 1.29 is 4.74 Å². The van der Waals surface area contributed by atoms with Crippen LogP contribution in [0.3, 0.4) is 0 Å². The molecule has 0 unspecified atom stereocenters. The SMILES string of the molecule is Cc1ccc(CNCc2ccc(OC(C)C)c(Br)c2)cc1. The molecule has 21 heavy (non-hydrogen) atoms. The minimum atomic E-state index is 0.187. The van der Waals surface area contributed by atoms with Gasteiger partial charge in [0.2, 0.25) is 0 Å². The molecule has 3 heteroatoms. The summed E-state index contributed by atoms with van der Waals surface area (Å²) in [4.78, 5) is 0. The molecule has 2 aromatic rings. The van der Waals surface area contributed by atoms with Gasteiger partial charge in [0.1, 0.15) is 5.75 Å². The number of rotatable bonds is 6. The Morgan fingerprint density at radius 2 is 1.62 bits per heavy atom. The van der Waals surface area contributed by atoms with Gasteiger partial charge in [0, 0.05) is 13.1 Å². The molecule has 0 aliphatic rings. The van der Waals surface area contributed by atoms with E-state index < -0.39 is 0 Å². The van der Waals surface area contributed by atoms with Gasteiger partial charge in [-0.3, -0.25) is 0 Å². The summed E-state index contributed by atoms with van der Waals surface area (Å²) in [7, 11) is 0. The molecule has 0 radical (unpaired) electrons. The lowest BCUT2D eigenvalue weighted by atomic mass is 10.1. The van der Waals surface area contributed by atoms with Crippen LogP contribution in [0.25, 0.3) is 0 Å². The standard InChI is InChI=1S/C18H22BrNO/c1-13(2)21-18-9-8-16(10-17(18)19)12-20-11-15-6-4-14(3)5-7-15/h4-10,13,20H,11-12H2,1-3H3. The number of hydrogen-bond donors (Lipinski definition) is 1. The summed E-state index contributed by atoms with van der Waals surface area (Å²) in [6.07, 6.45) is 0.187. The Hall–Kier alpha value is -1.32. The van der Waals surface area contributed by atoms with Crippen molar-refractivity contribution in [1.29, 1.82) is 0 Å². The zero-order valence-electron chi connectivity index (χ0n) is 12.8. The van der Waals surface area contributed by atoms with Gasteiger partial charge in [-0.15, -0.1) is 0 Å². The van der Waals surface area contributed by atoms with E-state index in [0.717, 1.165) is 23.3 Å². The molecule has 0 aliphatic carbocycles. The molecular weight excluding hydrogens is 326 g/mol. The largest absolute Gasteiger partial charge is 0.490 e. The van der Waals surface area contributed by atoms with Crippen molar-refractivity contribution in [2.75, 3.05) is 0 Å². The Kier molecular flexibility index (Phi) is 5.83. The average Bonchev–Trinajstić information content (AvgIpc) is 2.43. The lowest BCUT2D eigenvalue weighted by Gasteiger charge is -2.13. The maximum Gasteiger partial charge on any atom is 0.133 e. The van der Waals surface area contributed by atoms with Gasteiger partial charge < -0.3 is 10.1 Å². The fourth-order valence-electron chi connectivity index (χ4n) is 2.06. The summed E-state index contributed by atoms with van der Waals surface area (Å²) < 4.78 is 6.72. The van der Waals surface area contributed by atoms with Crippen molar-refractivity contribution in [2.45, 2.75) is 40.0 Å². The highest BCUT2D eigenvalue weighted by atomic mass is 79.9. The quantitative estimate of drug-likeness (QED) is 0.807. The number of ether oxygens (including phenoxy) is 1. The Morgan fingerprint density at radius 3 is 2.24 bits per heavy atom. The van der Waals surface area contributed by atoms with Crippen LogP contribution in [-0.2, 0) is 13.1 Å². The molecule has 0 bridgehead atoms. The van der Waals surface area contributed by atoms with Gasteiger partial charge in [0.05, 0.1) is 10.6 Å². The minimum Gasteiger partial charge on any atom is -0.490 e. The molecule has 0 aromatic heterocycles. The van der Waals surface area contributed by atoms with E-state index in [0.29, 0.717) is 0 Å². The number of nitrogens with one attached hydrogen (secondary N) is 1. The molecule has 0 atom stereocenters. The smallest absolute Gasteiger partial charge is 0.133 e. The second-order valence-electron chi connectivity index (χ2n) is 5.52. The average molecular weight is 348 g/mol. The first kappa shape index (κ1) is 16.1. The van der Waals surface area contributed by atoms with E-state index in [1.807, 2.05) is 19.9 Å². The van der Waals surface area contributed by atoms with E-state index in [1.165, 1.54) is 16.7 Å². The maximum absolute atomic E-state index is 5.72. The molecule has 0 fully saturated rings. The van der Waals surface area contributed by atoms with Crippen molar-refractivity contribution in [3.8, 4) is 5.75 Å². The van der Waals surface area contributed by atoms with Crippen molar-refractivity contribution >= 4 is 15.9 Å². The molecule has 112 valence electrons. The molecule has 0 aliphatic heterocycles. The van der Waals surface area contributed by atoms with Gasteiger partial charge in [-0.2, -0.15) is 0 Å². The molecular formula is C18H22BrNO. The number of halogens is 1. The lowest BCUT2D eigenvalue weighted by Crippen LogP contribution is -2.13. The lowest BCUT2D eigenvalue weighted by molar-refractivity contribution is 0.241. The van der Waals surface area contributed by atoms with E-state index in [2.05, 4.69) is 64.6 Å². The first-order chi connectivity index (χ1) is 10.0. The number of hydrogen-bond acceptors (Lipinski definition) is 2. The van der Waals surface area contributed by atoms with Crippen molar-refractivity contribution in [3.05, 3.63) is 63.6 Å². The van der Waals surface area contributed by atoms with Gasteiger partial charge in [0.25, 0.3) is 0 Å². The molecule has 0 saturated heterocycles. The van der Waals surface area contributed by atoms with Crippen LogP contribution in [0, 0.1) is 6.92 Å². The fourth-order valence-corrected chi connectivity index (χ4v) is 2.58. The van der Waals surface area contributed by atoms with E-state index in [9.17, 15) is 0 Å². The van der Waals surface area contributed by atoms with Crippen LogP contribution in [0.4, 0.5) is 0 Å². The Morgan fingerprint density at radius 1 is 1.00 bits per heavy atom. The van der Waals surface area contributed by atoms with Gasteiger partial charge in [-0.1, -0.05) is 35.9 Å². The van der Waals surface area contributed by atoms with Crippen LogP contribution in [0.5, 0.6) is 5.75 Å². The summed E-state index contributed by atoms with van der Waals surface area (Å²) >= 11 is 3.57. The van der Waals surface area contributed by atoms with Crippen molar-refractivity contribution in [1.82, 2.24) is 5.32 Å². The summed E-state index contributed by atoms with van der Waals surface area (Å²) in [5, 5.41) is 3.46. The number of benzene rings is 2. The third kappa shape index (κ3) is 5.18. The highest BCUT2D eigenvalue weighted by Gasteiger charge is 2.04.